The molecule has 0 bridgehead atoms. The Morgan fingerprint density at radius 3 is 2.26 bits per heavy atom. The van der Waals surface area contributed by atoms with Gasteiger partial charge in [0, 0.05) is 0 Å². The minimum absolute atomic E-state index is 0.298. The highest BCUT2D eigenvalue weighted by atomic mass is 16.5. The molecule has 0 saturated carbocycles. The minimum Gasteiger partial charge on any atom is -0.494 e. The molecule has 6 heteroatoms. The molecule has 0 amide bonds. The predicted octanol–water partition coefficient (Wildman–Crippen LogP) is 1.71. The quantitative estimate of drug-likeness (QED) is 0.698. The third-order valence-corrected chi connectivity index (χ3v) is 3.25. The fourth-order valence-electron chi connectivity index (χ4n) is 2.11. The fraction of sp³-hybridized carbons (Fsp3) is 0.529. The standard InChI is InChI=1S/C17H25NO5/c1-5-22-14-9-7-13(8-10-14)11-15(17(20)21-4)18-12(3)16(19)23-6-2/h7-10,12,15,18H,5-6,11H2,1-4H3/t12-,15+/m0/s1. The second-order valence-corrected chi connectivity index (χ2v) is 5.00. The zero-order valence-electron chi connectivity index (χ0n) is 14.1. The first-order chi connectivity index (χ1) is 11.0. The molecule has 0 unspecified atom stereocenters. The summed E-state index contributed by atoms with van der Waals surface area (Å²) < 4.78 is 15.1. The van der Waals surface area contributed by atoms with Gasteiger partial charge < -0.3 is 14.2 Å². The zero-order chi connectivity index (χ0) is 17.2. The molecule has 1 rings (SSSR count). The molecule has 6 nitrogen and oxygen atoms in total. The molecule has 0 aliphatic rings. The monoisotopic (exact) mass is 323 g/mol. The number of hydrogen-bond donors (Lipinski definition) is 1. The van der Waals surface area contributed by atoms with E-state index in [1.807, 2.05) is 31.2 Å². The van der Waals surface area contributed by atoms with Crippen LogP contribution in [0.4, 0.5) is 0 Å². The summed E-state index contributed by atoms with van der Waals surface area (Å²) in [5.41, 5.74) is 0.937. The highest BCUT2D eigenvalue weighted by Crippen LogP contribution is 2.14. The highest BCUT2D eigenvalue weighted by Gasteiger charge is 2.25. The maximum atomic E-state index is 11.9. The summed E-state index contributed by atoms with van der Waals surface area (Å²) in [5.74, 6) is -0.0400. The Morgan fingerprint density at radius 2 is 1.74 bits per heavy atom. The van der Waals surface area contributed by atoms with Crippen LogP contribution in [0.1, 0.15) is 26.3 Å². The van der Waals surface area contributed by atoms with Crippen molar-refractivity contribution in [3.8, 4) is 5.75 Å². The third-order valence-electron chi connectivity index (χ3n) is 3.25. The van der Waals surface area contributed by atoms with E-state index in [1.165, 1.54) is 7.11 Å². The summed E-state index contributed by atoms with van der Waals surface area (Å²) in [5, 5.41) is 2.96. The van der Waals surface area contributed by atoms with Crippen LogP contribution in [0.15, 0.2) is 24.3 Å². The molecular formula is C17H25NO5. The molecule has 23 heavy (non-hydrogen) atoms. The number of methoxy groups -OCH3 is 1. The van der Waals surface area contributed by atoms with E-state index in [1.54, 1.807) is 13.8 Å². The number of nitrogens with one attached hydrogen (secondary N) is 1. The number of benzene rings is 1. The van der Waals surface area contributed by atoms with Gasteiger partial charge in [0.25, 0.3) is 0 Å². The topological polar surface area (TPSA) is 73.9 Å². The molecule has 0 saturated heterocycles. The van der Waals surface area contributed by atoms with Crippen molar-refractivity contribution in [3.05, 3.63) is 29.8 Å². The second-order valence-electron chi connectivity index (χ2n) is 5.00. The minimum atomic E-state index is -0.627. The number of carbonyl (C=O) groups is 2. The smallest absolute Gasteiger partial charge is 0.323 e. The first kappa shape index (κ1) is 19.0. The zero-order valence-corrected chi connectivity index (χ0v) is 14.1. The van der Waals surface area contributed by atoms with Crippen molar-refractivity contribution in [3.63, 3.8) is 0 Å². The molecule has 128 valence electrons. The number of ether oxygens (including phenoxy) is 3. The van der Waals surface area contributed by atoms with Crippen molar-refractivity contribution in [1.29, 1.82) is 0 Å². The lowest BCUT2D eigenvalue weighted by molar-refractivity contribution is -0.147. The Bertz CT molecular complexity index is 500. The van der Waals surface area contributed by atoms with Crippen molar-refractivity contribution in [1.82, 2.24) is 5.32 Å². The molecule has 0 aliphatic heterocycles. The van der Waals surface area contributed by atoms with Gasteiger partial charge in [-0.25, -0.2) is 0 Å². The van der Waals surface area contributed by atoms with Gasteiger partial charge in [0.2, 0.25) is 0 Å². The van der Waals surface area contributed by atoms with Crippen LogP contribution >= 0.6 is 0 Å². The van der Waals surface area contributed by atoms with Gasteiger partial charge in [0.1, 0.15) is 17.8 Å². The van der Waals surface area contributed by atoms with Crippen LogP contribution in [0.5, 0.6) is 5.75 Å². The molecule has 0 fully saturated rings. The third kappa shape index (κ3) is 6.28. The van der Waals surface area contributed by atoms with Crippen LogP contribution in [0.3, 0.4) is 0 Å². The maximum absolute atomic E-state index is 11.9. The SMILES string of the molecule is CCOC(=O)[C@H](C)N[C@H](Cc1ccc(OCC)cc1)C(=O)OC. The lowest BCUT2D eigenvalue weighted by Gasteiger charge is -2.20. The second kappa shape index (κ2) is 9.84. The van der Waals surface area contributed by atoms with E-state index >= 15 is 0 Å². The van der Waals surface area contributed by atoms with Crippen LogP contribution in [0.2, 0.25) is 0 Å². The normalized spacial score (nSPS) is 13.0. The summed E-state index contributed by atoms with van der Waals surface area (Å²) in [7, 11) is 1.32. The molecule has 1 aromatic rings. The average molecular weight is 323 g/mol. The molecule has 0 aliphatic carbocycles. The Labute approximate surface area is 137 Å². The molecule has 2 atom stereocenters. The van der Waals surface area contributed by atoms with Crippen molar-refractivity contribution in [2.45, 2.75) is 39.3 Å². The fourth-order valence-corrected chi connectivity index (χ4v) is 2.11. The largest absolute Gasteiger partial charge is 0.494 e. The van der Waals surface area contributed by atoms with Crippen LogP contribution < -0.4 is 10.1 Å². The Morgan fingerprint density at radius 1 is 1.09 bits per heavy atom. The number of carbonyl (C=O) groups excluding carboxylic acids is 2. The summed E-state index contributed by atoms with van der Waals surface area (Å²) in [6, 6.07) is 6.25. The molecule has 1 aromatic carbocycles. The Balaban J connectivity index is 2.74. The van der Waals surface area contributed by atoms with E-state index in [0.29, 0.717) is 19.6 Å². The first-order valence-electron chi connectivity index (χ1n) is 7.74. The molecule has 0 radical (unpaired) electrons. The molecular weight excluding hydrogens is 298 g/mol. The van der Waals surface area contributed by atoms with Crippen molar-refractivity contribution in [2.75, 3.05) is 20.3 Å². The van der Waals surface area contributed by atoms with Gasteiger partial charge in [0.15, 0.2) is 0 Å². The van der Waals surface area contributed by atoms with E-state index in [9.17, 15) is 9.59 Å². The molecule has 0 heterocycles. The van der Waals surface area contributed by atoms with E-state index in [-0.39, 0.29) is 0 Å². The lowest BCUT2D eigenvalue weighted by atomic mass is 10.0. The van der Waals surface area contributed by atoms with Gasteiger partial charge in [0.05, 0.1) is 20.3 Å². The number of rotatable bonds is 9. The van der Waals surface area contributed by atoms with Gasteiger partial charge in [-0.15, -0.1) is 0 Å². The van der Waals surface area contributed by atoms with Gasteiger partial charge in [-0.05, 0) is 44.9 Å². The van der Waals surface area contributed by atoms with Gasteiger partial charge in [-0.2, -0.15) is 0 Å². The predicted molar refractivity (Wildman–Crippen MR) is 86.3 cm³/mol. The molecule has 1 N–H and O–H groups in total. The lowest BCUT2D eigenvalue weighted by Crippen LogP contribution is -2.47. The van der Waals surface area contributed by atoms with Crippen LogP contribution in [0, 0.1) is 0 Å². The van der Waals surface area contributed by atoms with E-state index < -0.39 is 24.0 Å². The van der Waals surface area contributed by atoms with E-state index in [0.717, 1.165) is 11.3 Å². The van der Waals surface area contributed by atoms with E-state index in [4.69, 9.17) is 14.2 Å². The van der Waals surface area contributed by atoms with Gasteiger partial charge >= 0.3 is 11.9 Å². The van der Waals surface area contributed by atoms with Gasteiger partial charge in [-0.1, -0.05) is 12.1 Å². The summed E-state index contributed by atoms with van der Waals surface area (Å²) >= 11 is 0. The summed E-state index contributed by atoms with van der Waals surface area (Å²) in [4.78, 5) is 23.6. The van der Waals surface area contributed by atoms with Crippen LogP contribution in [-0.4, -0.2) is 44.3 Å². The highest BCUT2D eigenvalue weighted by molar-refractivity contribution is 5.79. The maximum Gasteiger partial charge on any atom is 0.323 e. The van der Waals surface area contributed by atoms with Crippen molar-refractivity contribution in [2.24, 2.45) is 0 Å². The number of hydrogen-bond acceptors (Lipinski definition) is 6. The van der Waals surface area contributed by atoms with E-state index in [2.05, 4.69) is 5.32 Å². The van der Waals surface area contributed by atoms with Crippen LogP contribution in [-0.2, 0) is 25.5 Å². The van der Waals surface area contributed by atoms with Crippen molar-refractivity contribution < 1.29 is 23.8 Å². The Kier molecular flexibility index (Phi) is 8.11. The number of esters is 2. The summed E-state index contributed by atoms with van der Waals surface area (Å²) in [6.45, 7) is 6.21. The molecule has 0 aromatic heterocycles. The van der Waals surface area contributed by atoms with Crippen molar-refractivity contribution >= 4 is 11.9 Å². The van der Waals surface area contributed by atoms with Gasteiger partial charge in [-0.3, -0.25) is 14.9 Å². The first-order valence-corrected chi connectivity index (χ1v) is 7.74. The Hall–Kier alpha value is -2.08. The molecule has 0 spiro atoms. The summed E-state index contributed by atoms with van der Waals surface area (Å²) in [6.07, 6.45) is 0.406. The average Bonchev–Trinajstić information content (AvgIpc) is 2.55. The van der Waals surface area contributed by atoms with Crippen LogP contribution in [0.25, 0.3) is 0 Å².